The van der Waals surface area contributed by atoms with Gasteiger partial charge in [-0.2, -0.15) is 0 Å². The summed E-state index contributed by atoms with van der Waals surface area (Å²) in [6.45, 7) is 10.5. The molecule has 1 rings (SSSR count). The number of unbranched alkanes of at least 4 members (excludes halogenated alkanes) is 1. The molecule has 3 atom stereocenters. The van der Waals surface area contributed by atoms with E-state index in [1.807, 2.05) is 0 Å². The Morgan fingerprint density at radius 2 is 1.29 bits per heavy atom. The largest absolute Gasteiger partial charge is 0.493 e. The van der Waals surface area contributed by atoms with E-state index in [-0.39, 0.29) is 12.1 Å². The second-order valence-corrected chi connectivity index (χ2v) is 10.0. The molecule has 0 amide bonds. The molecule has 204 valence electrons. The molecule has 10 N–H and O–H groups in total. The number of nitrogens with two attached hydrogens (primary N) is 4. The smallest absolute Gasteiger partial charge is 0.119 e. The van der Waals surface area contributed by atoms with Gasteiger partial charge in [0.15, 0.2) is 0 Å². The first kappa shape index (κ1) is 31.8. The van der Waals surface area contributed by atoms with Crippen LogP contribution in [0.1, 0.15) is 76.3 Å². The Hall–Kier alpha value is -1.22. The van der Waals surface area contributed by atoms with E-state index in [9.17, 15) is 0 Å². The van der Waals surface area contributed by atoms with E-state index in [1.54, 1.807) is 0 Å². The number of ether oxygens (including phenoxy) is 1. The van der Waals surface area contributed by atoms with Crippen LogP contribution in [0.2, 0.25) is 0 Å². The van der Waals surface area contributed by atoms with Crippen LogP contribution in [0.15, 0.2) is 18.2 Å². The molecule has 0 saturated carbocycles. The third kappa shape index (κ3) is 16.2. The molecule has 0 saturated heterocycles. The maximum Gasteiger partial charge on any atom is 0.119 e. The van der Waals surface area contributed by atoms with Crippen molar-refractivity contribution >= 4 is 0 Å². The molecular formula is C28H56N6O. The zero-order chi connectivity index (χ0) is 25.7. The molecule has 0 aliphatic rings. The molecule has 7 nitrogen and oxygen atoms in total. The maximum absolute atomic E-state index is 6.48. The monoisotopic (exact) mass is 492 g/mol. The highest BCUT2D eigenvalue weighted by atomic mass is 16.5. The Morgan fingerprint density at radius 3 is 1.74 bits per heavy atom. The summed E-state index contributed by atoms with van der Waals surface area (Å²) in [5.41, 5.74) is 26.6. The summed E-state index contributed by atoms with van der Waals surface area (Å²) in [4.78, 5) is 0. The SMILES string of the molecule is CCCCC(CC)COc1cc(CC(N)CCNCCCN)cc(CC(N)CCNCCCN)c1. The Morgan fingerprint density at radius 1 is 0.743 bits per heavy atom. The van der Waals surface area contributed by atoms with E-state index in [4.69, 9.17) is 27.7 Å². The zero-order valence-electron chi connectivity index (χ0n) is 22.7. The molecule has 1 aromatic carbocycles. The summed E-state index contributed by atoms with van der Waals surface area (Å²) in [6.07, 6.45) is 10.4. The lowest BCUT2D eigenvalue weighted by molar-refractivity contribution is 0.233. The van der Waals surface area contributed by atoms with Crippen molar-refractivity contribution in [2.24, 2.45) is 28.9 Å². The predicted octanol–water partition coefficient (Wildman–Crippen LogP) is 2.68. The Kier molecular flexibility index (Phi) is 19.0. The second kappa shape index (κ2) is 20.9. The minimum absolute atomic E-state index is 0.108. The number of hydrogen-bond donors (Lipinski definition) is 6. The van der Waals surface area contributed by atoms with Gasteiger partial charge in [-0.25, -0.2) is 0 Å². The van der Waals surface area contributed by atoms with Crippen LogP contribution in [-0.4, -0.2) is 58.0 Å². The van der Waals surface area contributed by atoms with Crippen LogP contribution in [0, 0.1) is 5.92 Å². The molecule has 3 unspecified atom stereocenters. The highest BCUT2D eigenvalue weighted by molar-refractivity contribution is 5.35. The van der Waals surface area contributed by atoms with Crippen molar-refractivity contribution in [2.45, 2.75) is 90.1 Å². The van der Waals surface area contributed by atoms with Crippen molar-refractivity contribution in [2.75, 3.05) is 45.9 Å². The van der Waals surface area contributed by atoms with E-state index in [0.29, 0.717) is 5.92 Å². The van der Waals surface area contributed by atoms with E-state index < -0.39 is 0 Å². The van der Waals surface area contributed by atoms with Gasteiger partial charge in [-0.15, -0.1) is 0 Å². The van der Waals surface area contributed by atoms with Crippen LogP contribution in [0.5, 0.6) is 5.75 Å². The minimum atomic E-state index is 0.108. The highest BCUT2D eigenvalue weighted by Gasteiger charge is 2.12. The molecule has 0 spiro atoms. The first-order valence-electron chi connectivity index (χ1n) is 14.1. The fraction of sp³-hybridized carbons (Fsp3) is 0.786. The van der Waals surface area contributed by atoms with Crippen LogP contribution in [0.25, 0.3) is 0 Å². The second-order valence-electron chi connectivity index (χ2n) is 10.0. The van der Waals surface area contributed by atoms with E-state index in [1.165, 1.54) is 30.4 Å². The minimum Gasteiger partial charge on any atom is -0.493 e. The average molecular weight is 493 g/mol. The molecule has 7 heteroatoms. The van der Waals surface area contributed by atoms with Gasteiger partial charge in [0.2, 0.25) is 0 Å². The molecule has 0 radical (unpaired) electrons. The fourth-order valence-corrected chi connectivity index (χ4v) is 4.25. The molecular weight excluding hydrogens is 436 g/mol. The van der Waals surface area contributed by atoms with Crippen molar-refractivity contribution in [3.63, 3.8) is 0 Å². The normalized spacial score (nSPS) is 14.1. The number of rotatable bonds is 23. The lowest BCUT2D eigenvalue weighted by Gasteiger charge is -2.19. The third-order valence-corrected chi connectivity index (χ3v) is 6.55. The molecule has 0 aliphatic carbocycles. The average Bonchev–Trinajstić information content (AvgIpc) is 2.83. The molecule has 0 aliphatic heterocycles. The summed E-state index contributed by atoms with van der Waals surface area (Å²) < 4.78 is 6.32. The Bertz CT molecular complexity index is 589. The van der Waals surface area contributed by atoms with Crippen LogP contribution < -0.4 is 38.3 Å². The van der Waals surface area contributed by atoms with Crippen LogP contribution in [-0.2, 0) is 12.8 Å². The van der Waals surface area contributed by atoms with Crippen molar-refractivity contribution in [1.82, 2.24) is 10.6 Å². The van der Waals surface area contributed by atoms with Gasteiger partial charge in [0.05, 0.1) is 6.61 Å². The van der Waals surface area contributed by atoms with Crippen LogP contribution in [0.3, 0.4) is 0 Å². The topological polar surface area (TPSA) is 137 Å². The van der Waals surface area contributed by atoms with Gasteiger partial charge < -0.3 is 38.3 Å². The molecule has 35 heavy (non-hydrogen) atoms. The van der Waals surface area contributed by atoms with Gasteiger partial charge in [-0.1, -0.05) is 39.2 Å². The first-order chi connectivity index (χ1) is 17.0. The molecule has 0 fully saturated rings. The van der Waals surface area contributed by atoms with E-state index in [2.05, 4.69) is 42.7 Å². The van der Waals surface area contributed by atoms with Gasteiger partial charge in [-0.3, -0.25) is 0 Å². The molecule has 0 bridgehead atoms. The lowest BCUT2D eigenvalue weighted by Crippen LogP contribution is -2.30. The lowest BCUT2D eigenvalue weighted by atomic mass is 9.97. The fourth-order valence-electron chi connectivity index (χ4n) is 4.25. The molecule has 0 aromatic heterocycles. The maximum atomic E-state index is 6.48. The van der Waals surface area contributed by atoms with Crippen LogP contribution in [0.4, 0.5) is 0 Å². The van der Waals surface area contributed by atoms with E-state index >= 15 is 0 Å². The summed E-state index contributed by atoms with van der Waals surface area (Å²) in [5, 5.41) is 6.85. The number of benzene rings is 1. The molecule has 0 heterocycles. The quantitative estimate of drug-likeness (QED) is 0.129. The van der Waals surface area contributed by atoms with Gasteiger partial charge >= 0.3 is 0 Å². The number of hydrogen-bond acceptors (Lipinski definition) is 7. The van der Waals surface area contributed by atoms with Crippen molar-refractivity contribution < 1.29 is 4.74 Å². The first-order valence-corrected chi connectivity index (χ1v) is 14.1. The third-order valence-electron chi connectivity index (χ3n) is 6.55. The van der Waals surface area contributed by atoms with Gasteiger partial charge in [0, 0.05) is 12.1 Å². The van der Waals surface area contributed by atoms with Gasteiger partial charge in [0.25, 0.3) is 0 Å². The highest BCUT2D eigenvalue weighted by Crippen LogP contribution is 2.22. The zero-order valence-corrected chi connectivity index (χ0v) is 22.7. The van der Waals surface area contributed by atoms with E-state index in [0.717, 1.165) is 96.6 Å². The van der Waals surface area contributed by atoms with Gasteiger partial charge in [0.1, 0.15) is 5.75 Å². The summed E-state index contributed by atoms with van der Waals surface area (Å²) >= 11 is 0. The van der Waals surface area contributed by atoms with Gasteiger partial charge in [-0.05, 0) is 113 Å². The molecule has 1 aromatic rings. The Balaban J connectivity index is 2.75. The van der Waals surface area contributed by atoms with Crippen molar-refractivity contribution in [1.29, 1.82) is 0 Å². The van der Waals surface area contributed by atoms with Crippen molar-refractivity contribution in [3.05, 3.63) is 29.3 Å². The number of nitrogens with one attached hydrogen (secondary N) is 2. The Labute approximate surface area is 215 Å². The summed E-state index contributed by atoms with van der Waals surface area (Å²) in [7, 11) is 0. The predicted molar refractivity (Wildman–Crippen MR) is 151 cm³/mol. The summed E-state index contributed by atoms with van der Waals surface area (Å²) in [5.74, 6) is 1.56. The van der Waals surface area contributed by atoms with Crippen molar-refractivity contribution in [3.8, 4) is 5.75 Å². The van der Waals surface area contributed by atoms with Crippen LogP contribution >= 0.6 is 0 Å². The standard InChI is InChI=1S/C28H56N6O/c1-3-5-8-23(4-2)22-35-28-20-24(18-26(31)9-15-33-13-6-11-29)17-25(21-28)19-27(32)10-16-34-14-7-12-30/h17,20-21,23,26-27,33-34H,3-16,18-19,22,29-32H2,1-2H3. The summed E-state index contributed by atoms with van der Waals surface area (Å²) in [6, 6.07) is 6.84.